The van der Waals surface area contributed by atoms with Crippen LogP contribution in [0.1, 0.15) is 38.3 Å². The van der Waals surface area contributed by atoms with E-state index in [1.807, 2.05) is 36.4 Å². The molecule has 30 heavy (non-hydrogen) atoms. The van der Waals surface area contributed by atoms with Gasteiger partial charge in [-0.25, -0.2) is 8.42 Å². The molecule has 0 N–H and O–H groups in total. The van der Waals surface area contributed by atoms with Gasteiger partial charge in [0.05, 0.1) is 11.5 Å². The Morgan fingerprint density at radius 2 is 1.87 bits per heavy atom. The number of halogens is 1. The molecule has 3 rings (SSSR count). The Labute approximate surface area is 183 Å². The van der Waals surface area contributed by atoms with Crippen LogP contribution in [0.5, 0.6) is 5.75 Å². The van der Waals surface area contributed by atoms with Crippen molar-refractivity contribution in [3.8, 4) is 5.75 Å². The first kappa shape index (κ1) is 22.6. The molecule has 1 atom stereocenters. The summed E-state index contributed by atoms with van der Waals surface area (Å²) in [5, 5.41) is 0.578. The fraction of sp³-hybridized carbons (Fsp3) is 0.435. The molecule has 2 aromatic rings. The Balaban J connectivity index is 1.71. The SMILES string of the molecule is CC(C)(C)c1ccc(OCC(=O)N(Cc2cccc(Cl)c2)[C@@H]2CCS(=O)(=O)C2)cc1. The highest BCUT2D eigenvalue weighted by molar-refractivity contribution is 7.91. The van der Waals surface area contributed by atoms with Crippen molar-refractivity contribution in [2.75, 3.05) is 18.1 Å². The van der Waals surface area contributed by atoms with Crippen molar-refractivity contribution in [2.24, 2.45) is 0 Å². The van der Waals surface area contributed by atoms with Gasteiger partial charge in [0, 0.05) is 17.6 Å². The van der Waals surface area contributed by atoms with E-state index >= 15 is 0 Å². The van der Waals surface area contributed by atoms with E-state index in [1.54, 1.807) is 17.0 Å². The highest BCUT2D eigenvalue weighted by atomic mass is 35.5. The molecule has 0 aromatic heterocycles. The summed E-state index contributed by atoms with van der Waals surface area (Å²) in [6.45, 7) is 6.55. The molecule has 162 valence electrons. The minimum Gasteiger partial charge on any atom is -0.484 e. The molecule has 0 saturated carbocycles. The lowest BCUT2D eigenvalue weighted by Crippen LogP contribution is -2.43. The van der Waals surface area contributed by atoms with Crippen molar-refractivity contribution >= 4 is 27.3 Å². The topological polar surface area (TPSA) is 63.7 Å². The molecule has 7 heteroatoms. The van der Waals surface area contributed by atoms with E-state index in [9.17, 15) is 13.2 Å². The van der Waals surface area contributed by atoms with Crippen molar-refractivity contribution in [2.45, 2.75) is 45.2 Å². The van der Waals surface area contributed by atoms with E-state index in [0.29, 0.717) is 23.7 Å². The molecular formula is C23H28ClNO4S. The molecule has 0 unspecified atom stereocenters. The lowest BCUT2D eigenvalue weighted by molar-refractivity contribution is -0.136. The van der Waals surface area contributed by atoms with Gasteiger partial charge in [-0.1, -0.05) is 56.6 Å². The van der Waals surface area contributed by atoms with Crippen LogP contribution in [0.25, 0.3) is 0 Å². The normalized spacial score (nSPS) is 18.2. The Bertz CT molecular complexity index is 997. The number of carbonyl (C=O) groups is 1. The second-order valence-electron chi connectivity index (χ2n) is 8.77. The monoisotopic (exact) mass is 449 g/mol. The molecule has 0 radical (unpaired) electrons. The predicted octanol–water partition coefficient (Wildman–Crippen LogP) is 4.23. The third-order valence-electron chi connectivity index (χ3n) is 5.29. The van der Waals surface area contributed by atoms with E-state index in [1.165, 1.54) is 5.56 Å². The quantitative estimate of drug-likeness (QED) is 0.661. The predicted molar refractivity (Wildman–Crippen MR) is 120 cm³/mol. The van der Waals surface area contributed by atoms with E-state index < -0.39 is 9.84 Å². The van der Waals surface area contributed by atoms with Gasteiger partial charge in [-0.05, 0) is 47.2 Å². The maximum absolute atomic E-state index is 13.0. The van der Waals surface area contributed by atoms with Crippen molar-refractivity contribution in [1.82, 2.24) is 4.90 Å². The fourth-order valence-electron chi connectivity index (χ4n) is 3.55. The molecule has 0 bridgehead atoms. The highest BCUT2D eigenvalue weighted by Crippen LogP contribution is 2.25. The van der Waals surface area contributed by atoms with Crippen LogP contribution in [0.15, 0.2) is 48.5 Å². The van der Waals surface area contributed by atoms with Crippen LogP contribution in [-0.4, -0.2) is 43.4 Å². The average Bonchev–Trinajstić information content (AvgIpc) is 3.03. The number of sulfone groups is 1. The summed E-state index contributed by atoms with van der Waals surface area (Å²) in [6, 6.07) is 14.6. The molecule has 0 aliphatic carbocycles. The summed E-state index contributed by atoms with van der Waals surface area (Å²) in [7, 11) is -3.12. The van der Waals surface area contributed by atoms with Crippen LogP contribution >= 0.6 is 11.6 Å². The van der Waals surface area contributed by atoms with E-state index in [-0.39, 0.29) is 35.5 Å². The zero-order valence-electron chi connectivity index (χ0n) is 17.6. The van der Waals surface area contributed by atoms with E-state index in [0.717, 1.165) is 5.56 Å². The van der Waals surface area contributed by atoms with Crippen molar-refractivity contribution in [3.63, 3.8) is 0 Å². The average molecular weight is 450 g/mol. The number of carbonyl (C=O) groups excluding carboxylic acids is 1. The minimum atomic E-state index is -3.12. The largest absolute Gasteiger partial charge is 0.484 e. The molecule has 1 heterocycles. The summed E-state index contributed by atoms with van der Waals surface area (Å²) in [5.41, 5.74) is 2.07. The number of nitrogens with zero attached hydrogens (tertiary/aromatic N) is 1. The molecule has 0 spiro atoms. The number of hydrogen-bond donors (Lipinski definition) is 0. The Hall–Kier alpha value is -2.05. The van der Waals surface area contributed by atoms with Gasteiger partial charge < -0.3 is 9.64 Å². The summed E-state index contributed by atoms with van der Waals surface area (Å²) in [6.07, 6.45) is 0.439. The maximum Gasteiger partial charge on any atom is 0.261 e. The zero-order chi connectivity index (χ0) is 21.9. The lowest BCUT2D eigenvalue weighted by Gasteiger charge is -2.28. The summed E-state index contributed by atoms with van der Waals surface area (Å²) in [4.78, 5) is 14.6. The van der Waals surface area contributed by atoms with Gasteiger partial charge in [0.1, 0.15) is 5.75 Å². The number of benzene rings is 2. The molecule has 1 aliphatic rings. The van der Waals surface area contributed by atoms with Gasteiger partial charge in [-0.3, -0.25) is 4.79 Å². The number of rotatable bonds is 6. The molecule has 5 nitrogen and oxygen atoms in total. The molecular weight excluding hydrogens is 422 g/mol. The van der Waals surface area contributed by atoms with Crippen molar-refractivity contribution < 1.29 is 17.9 Å². The van der Waals surface area contributed by atoms with Crippen LogP contribution in [0, 0.1) is 0 Å². The maximum atomic E-state index is 13.0. The van der Waals surface area contributed by atoms with Gasteiger partial charge in [0.2, 0.25) is 0 Å². The number of ether oxygens (including phenoxy) is 1. The van der Waals surface area contributed by atoms with Gasteiger partial charge >= 0.3 is 0 Å². The van der Waals surface area contributed by atoms with Crippen molar-refractivity contribution in [3.05, 3.63) is 64.7 Å². The van der Waals surface area contributed by atoms with Crippen molar-refractivity contribution in [1.29, 1.82) is 0 Å². The van der Waals surface area contributed by atoms with Gasteiger partial charge in [-0.2, -0.15) is 0 Å². The first-order chi connectivity index (χ1) is 14.0. The van der Waals surface area contributed by atoms with E-state index in [2.05, 4.69) is 20.8 Å². The van der Waals surface area contributed by atoms with Crippen LogP contribution in [0.2, 0.25) is 5.02 Å². The Kier molecular flexibility index (Phi) is 6.78. The smallest absolute Gasteiger partial charge is 0.261 e. The third-order valence-corrected chi connectivity index (χ3v) is 7.28. The van der Waals surface area contributed by atoms with Gasteiger partial charge in [0.15, 0.2) is 16.4 Å². The molecule has 1 aliphatic heterocycles. The molecule has 1 saturated heterocycles. The fourth-order valence-corrected chi connectivity index (χ4v) is 5.50. The van der Waals surface area contributed by atoms with Crippen LogP contribution in [0.3, 0.4) is 0 Å². The van der Waals surface area contributed by atoms with Gasteiger partial charge in [0.25, 0.3) is 5.91 Å². The molecule has 1 fully saturated rings. The summed E-state index contributed by atoms with van der Waals surface area (Å²) < 4.78 is 29.7. The zero-order valence-corrected chi connectivity index (χ0v) is 19.2. The Morgan fingerprint density at radius 3 is 2.43 bits per heavy atom. The Morgan fingerprint density at radius 1 is 1.17 bits per heavy atom. The molecule has 1 amide bonds. The summed E-state index contributed by atoms with van der Waals surface area (Å²) in [5.74, 6) is 0.459. The van der Waals surface area contributed by atoms with Crippen LogP contribution in [-0.2, 0) is 26.6 Å². The van der Waals surface area contributed by atoms with Crippen LogP contribution < -0.4 is 4.74 Å². The summed E-state index contributed by atoms with van der Waals surface area (Å²) >= 11 is 6.07. The second-order valence-corrected chi connectivity index (χ2v) is 11.4. The second kappa shape index (κ2) is 8.98. The standard InChI is InChI=1S/C23H28ClNO4S/c1-23(2,3)18-7-9-21(10-8-18)29-15-22(26)25(20-11-12-30(27,28)16-20)14-17-5-4-6-19(24)13-17/h4-10,13,20H,11-12,14-16H2,1-3H3/t20-/m1/s1. The van der Waals surface area contributed by atoms with Crippen LogP contribution in [0.4, 0.5) is 0 Å². The number of hydrogen-bond acceptors (Lipinski definition) is 4. The minimum absolute atomic E-state index is 0.0143. The first-order valence-corrected chi connectivity index (χ1v) is 12.2. The molecule has 2 aromatic carbocycles. The van der Waals surface area contributed by atoms with E-state index in [4.69, 9.17) is 16.3 Å². The third kappa shape index (κ3) is 5.99. The van der Waals surface area contributed by atoms with Gasteiger partial charge in [-0.15, -0.1) is 0 Å². The lowest BCUT2D eigenvalue weighted by atomic mass is 9.87. The number of amides is 1. The first-order valence-electron chi connectivity index (χ1n) is 10.0. The highest BCUT2D eigenvalue weighted by Gasteiger charge is 2.34.